The monoisotopic (exact) mass is 625 g/mol. The van der Waals surface area contributed by atoms with Crippen LogP contribution >= 0.6 is 0 Å². The van der Waals surface area contributed by atoms with Crippen LogP contribution in [0, 0.1) is 0 Å². The zero-order valence-corrected chi connectivity index (χ0v) is 26.3. The van der Waals surface area contributed by atoms with Gasteiger partial charge in [0.15, 0.2) is 17.5 Å². The van der Waals surface area contributed by atoms with Gasteiger partial charge in [-0.15, -0.1) is 0 Å². The number of aromatic nitrogens is 5. The minimum absolute atomic E-state index is 0.638. The van der Waals surface area contributed by atoms with Gasteiger partial charge >= 0.3 is 0 Å². The molecule has 10 aromatic rings. The Morgan fingerprint density at radius 1 is 0.367 bits per heavy atom. The Balaban J connectivity index is 1.20. The highest BCUT2D eigenvalue weighted by molar-refractivity contribution is 6.30. The molecule has 3 aromatic heterocycles. The van der Waals surface area contributed by atoms with Gasteiger partial charge in [-0.05, 0) is 56.9 Å². The second kappa shape index (κ2) is 10.9. The molecule has 0 unspecified atom stereocenters. The van der Waals surface area contributed by atoms with Crippen LogP contribution < -0.4 is 0 Å². The molecule has 0 fully saturated rings. The molecule has 10 rings (SSSR count). The third-order valence-corrected chi connectivity index (χ3v) is 9.41. The van der Waals surface area contributed by atoms with Crippen LogP contribution in [0.25, 0.3) is 94.3 Å². The fraction of sp³-hybridized carbons (Fsp3) is 0. The molecule has 5 nitrogen and oxygen atoms in total. The predicted octanol–water partition coefficient (Wildman–Crippen LogP) is 10.8. The lowest BCUT2D eigenvalue weighted by atomic mass is 9.92. The Kier molecular flexibility index (Phi) is 6.11. The highest BCUT2D eigenvalue weighted by Crippen LogP contribution is 2.41. The third-order valence-electron chi connectivity index (χ3n) is 9.41. The second-order valence-electron chi connectivity index (χ2n) is 12.3. The highest BCUT2D eigenvalue weighted by atomic mass is 15.0. The molecule has 0 saturated heterocycles. The topological polar surface area (TPSA) is 56.0 Å². The fourth-order valence-electron chi connectivity index (χ4n) is 7.11. The van der Waals surface area contributed by atoms with Crippen molar-refractivity contribution in [3.05, 3.63) is 164 Å². The Labute approximate surface area is 281 Å². The van der Waals surface area contributed by atoms with Crippen LogP contribution in [0.15, 0.2) is 164 Å². The number of hydrogen-bond donors (Lipinski definition) is 0. The highest BCUT2D eigenvalue weighted by Gasteiger charge is 2.18. The van der Waals surface area contributed by atoms with Gasteiger partial charge in [0, 0.05) is 33.7 Å². The van der Waals surface area contributed by atoms with E-state index in [-0.39, 0.29) is 0 Å². The van der Waals surface area contributed by atoms with Crippen LogP contribution in [-0.2, 0) is 0 Å². The molecule has 5 heteroatoms. The summed E-state index contributed by atoms with van der Waals surface area (Å²) in [5, 5.41) is 7.19. The van der Waals surface area contributed by atoms with Gasteiger partial charge < -0.3 is 0 Å². The van der Waals surface area contributed by atoms with E-state index in [0.717, 1.165) is 49.9 Å². The molecule has 49 heavy (non-hydrogen) atoms. The van der Waals surface area contributed by atoms with E-state index in [9.17, 15) is 0 Å². The predicted molar refractivity (Wildman–Crippen MR) is 200 cm³/mol. The first-order chi connectivity index (χ1) is 24.3. The Hall–Kier alpha value is -6.72. The van der Waals surface area contributed by atoms with Crippen molar-refractivity contribution in [3.8, 4) is 45.3 Å². The Morgan fingerprint density at radius 3 is 1.76 bits per heavy atom. The molecular weight excluding hydrogens is 599 g/mol. The van der Waals surface area contributed by atoms with Gasteiger partial charge in [0.2, 0.25) is 0 Å². The maximum atomic E-state index is 5.13. The number of imidazole rings is 1. The van der Waals surface area contributed by atoms with Gasteiger partial charge in [-0.3, -0.25) is 4.40 Å². The number of fused-ring (bicyclic) bond motifs is 10. The molecular formula is C44H27N5. The summed E-state index contributed by atoms with van der Waals surface area (Å²) in [6.07, 6.45) is 2.11. The molecule has 0 spiro atoms. The van der Waals surface area contributed by atoms with Crippen LogP contribution in [0.4, 0.5) is 0 Å². The molecule has 0 atom stereocenters. The first kappa shape index (κ1) is 27.4. The van der Waals surface area contributed by atoms with E-state index in [2.05, 4.69) is 102 Å². The summed E-state index contributed by atoms with van der Waals surface area (Å²) in [7, 11) is 0. The summed E-state index contributed by atoms with van der Waals surface area (Å²) < 4.78 is 2.21. The molecule has 0 aliphatic heterocycles. The van der Waals surface area contributed by atoms with Crippen molar-refractivity contribution in [3.63, 3.8) is 0 Å². The molecule has 228 valence electrons. The number of hydrogen-bond acceptors (Lipinski definition) is 4. The van der Waals surface area contributed by atoms with Crippen molar-refractivity contribution in [2.45, 2.75) is 0 Å². The first-order valence-corrected chi connectivity index (χ1v) is 16.4. The van der Waals surface area contributed by atoms with E-state index >= 15 is 0 Å². The largest absolute Gasteiger partial charge is 0.299 e. The lowest BCUT2D eigenvalue weighted by molar-refractivity contribution is 1.07. The number of rotatable bonds is 4. The van der Waals surface area contributed by atoms with Crippen LogP contribution in [0.5, 0.6) is 0 Å². The van der Waals surface area contributed by atoms with Crippen LogP contribution in [0.2, 0.25) is 0 Å². The molecule has 3 heterocycles. The van der Waals surface area contributed by atoms with E-state index in [4.69, 9.17) is 19.9 Å². The third kappa shape index (κ3) is 4.48. The normalized spacial score (nSPS) is 11.7. The van der Waals surface area contributed by atoms with Crippen molar-refractivity contribution in [2.24, 2.45) is 0 Å². The number of pyridine rings is 1. The molecule has 0 radical (unpaired) electrons. The SMILES string of the molecule is c1ccc(-c2nc(-c3ccccc3)nc(-c3cccc(-c4ccc5c(c4)c4c6ccccc6ccc4c4nc6ccccn6c54)c3)n2)cc1. The van der Waals surface area contributed by atoms with Gasteiger partial charge in [0.25, 0.3) is 0 Å². The van der Waals surface area contributed by atoms with Gasteiger partial charge in [-0.25, -0.2) is 19.9 Å². The quantitative estimate of drug-likeness (QED) is 0.183. The molecule has 0 N–H and O–H groups in total. The van der Waals surface area contributed by atoms with Gasteiger partial charge in [-0.1, -0.05) is 133 Å². The van der Waals surface area contributed by atoms with Crippen molar-refractivity contribution in [2.75, 3.05) is 0 Å². The number of benzene rings is 7. The average Bonchev–Trinajstić information content (AvgIpc) is 3.58. The molecule has 0 amide bonds. The van der Waals surface area contributed by atoms with E-state index in [0.29, 0.717) is 17.5 Å². The minimum atomic E-state index is 0.638. The standard InChI is InChI=1S/C44H27N5/c1-3-13-29(14-4-1)42-46-43(30-15-5-2-6-16-30)48-44(47-42)33-18-11-17-31(26-33)32-22-23-35-37(27-32)39-34-19-8-7-12-28(34)21-24-36(39)40-41(35)49-25-10-9-20-38(49)45-40/h1-27H. The maximum Gasteiger partial charge on any atom is 0.164 e. The van der Waals surface area contributed by atoms with Crippen molar-refractivity contribution in [1.82, 2.24) is 24.3 Å². The lowest BCUT2D eigenvalue weighted by Gasteiger charge is -2.13. The van der Waals surface area contributed by atoms with Crippen molar-refractivity contribution in [1.29, 1.82) is 0 Å². The van der Waals surface area contributed by atoms with Crippen molar-refractivity contribution < 1.29 is 0 Å². The molecule has 0 bridgehead atoms. The zero-order valence-electron chi connectivity index (χ0n) is 26.3. The average molecular weight is 626 g/mol. The number of nitrogens with zero attached hydrogens (tertiary/aromatic N) is 5. The zero-order chi connectivity index (χ0) is 32.3. The summed E-state index contributed by atoms with van der Waals surface area (Å²) in [4.78, 5) is 20.0. The Morgan fingerprint density at radius 2 is 0.980 bits per heavy atom. The summed E-state index contributed by atoms with van der Waals surface area (Å²) in [5.74, 6) is 1.94. The lowest BCUT2D eigenvalue weighted by Crippen LogP contribution is -2.00. The summed E-state index contributed by atoms with van der Waals surface area (Å²) in [5.41, 5.74) is 8.14. The maximum absolute atomic E-state index is 5.13. The van der Waals surface area contributed by atoms with Gasteiger partial charge in [0.05, 0.1) is 11.0 Å². The van der Waals surface area contributed by atoms with Crippen LogP contribution in [0.3, 0.4) is 0 Å². The smallest absolute Gasteiger partial charge is 0.164 e. The molecule has 7 aromatic carbocycles. The molecule has 0 aliphatic carbocycles. The van der Waals surface area contributed by atoms with Gasteiger partial charge in [-0.2, -0.15) is 0 Å². The first-order valence-electron chi connectivity index (χ1n) is 16.4. The van der Waals surface area contributed by atoms with E-state index in [1.165, 1.54) is 26.9 Å². The molecule has 0 saturated carbocycles. The van der Waals surface area contributed by atoms with E-state index in [1.807, 2.05) is 66.7 Å². The van der Waals surface area contributed by atoms with Crippen LogP contribution in [0.1, 0.15) is 0 Å². The molecule has 0 aliphatic rings. The van der Waals surface area contributed by atoms with E-state index in [1.54, 1.807) is 0 Å². The van der Waals surface area contributed by atoms with E-state index < -0.39 is 0 Å². The summed E-state index contributed by atoms with van der Waals surface area (Å²) >= 11 is 0. The second-order valence-corrected chi connectivity index (χ2v) is 12.3. The van der Waals surface area contributed by atoms with Crippen molar-refractivity contribution >= 4 is 49.0 Å². The van der Waals surface area contributed by atoms with Gasteiger partial charge in [0.1, 0.15) is 5.65 Å². The minimum Gasteiger partial charge on any atom is -0.299 e. The van der Waals surface area contributed by atoms with Crippen LogP contribution in [-0.4, -0.2) is 24.3 Å². The summed E-state index contributed by atoms with van der Waals surface area (Å²) in [6.45, 7) is 0. The Bertz CT molecular complexity index is 2820. The summed E-state index contributed by atoms with van der Waals surface area (Å²) in [6, 6.07) is 54.8. The fourth-order valence-corrected chi connectivity index (χ4v) is 7.11.